The van der Waals surface area contributed by atoms with Crippen molar-refractivity contribution in [3.8, 4) is 0 Å². The molecule has 2 N–H and O–H groups in total. The van der Waals surface area contributed by atoms with E-state index in [0.717, 1.165) is 16.9 Å². The highest BCUT2D eigenvalue weighted by molar-refractivity contribution is 5.76. The average molecular weight is 262 g/mol. The summed E-state index contributed by atoms with van der Waals surface area (Å²) in [6.07, 6.45) is 0.726. The minimum absolute atomic E-state index is 0.0201. The summed E-state index contributed by atoms with van der Waals surface area (Å²) in [5.41, 5.74) is 1.86. The number of imidazole rings is 1. The molecule has 1 heterocycles. The molecule has 1 unspecified atom stereocenters. The number of aliphatic hydroxyl groups excluding tert-OH is 1. The number of para-hydroxylation sites is 2. The largest absolute Gasteiger partial charge is 0.481 e. The van der Waals surface area contributed by atoms with Crippen molar-refractivity contribution in [3.05, 3.63) is 30.1 Å². The van der Waals surface area contributed by atoms with Crippen LogP contribution in [0.15, 0.2) is 24.3 Å². The molecule has 1 atom stereocenters. The van der Waals surface area contributed by atoms with E-state index in [-0.39, 0.29) is 18.9 Å². The molecule has 2 aromatic rings. The minimum Gasteiger partial charge on any atom is -0.481 e. The highest BCUT2D eigenvalue weighted by Crippen LogP contribution is 2.19. The van der Waals surface area contributed by atoms with E-state index in [1.165, 1.54) is 0 Å². The topological polar surface area (TPSA) is 75.3 Å². The molecule has 5 heteroatoms. The summed E-state index contributed by atoms with van der Waals surface area (Å²) < 4.78 is 1.97. The summed E-state index contributed by atoms with van der Waals surface area (Å²) >= 11 is 0. The Bertz CT molecular complexity index is 577. The van der Waals surface area contributed by atoms with Crippen molar-refractivity contribution < 1.29 is 15.0 Å². The molecule has 0 saturated carbocycles. The standard InChI is InChI=1S/C14H18N2O3/c1-10(9-14(18)19)8-13-15-11-4-2-3-5-12(11)16(13)6-7-17/h2-5,10,17H,6-9H2,1H3,(H,18,19). The third-order valence-corrected chi connectivity index (χ3v) is 3.11. The van der Waals surface area contributed by atoms with Crippen LogP contribution >= 0.6 is 0 Å². The van der Waals surface area contributed by atoms with Gasteiger partial charge in [0.25, 0.3) is 0 Å². The lowest BCUT2D eigenvalue weighted by Crippen LogP contribution is -2.13. The first-order valence-corrected chi connectivity index (χ1v) is 6.38. The smallest absolute Gasteiger partial charge is 0.303 e. The summed E-state index contributed by atoms with van der Waals surface area (Å²) in [5, 5.41) is 18.0. The van der Waals surface area contributed by atoms with Crippen LogP contribution in [0, 0.1) is 5.92 Å². The van der Waals surface area contributed by atoms with E-state index >= 15 is 0 Å². The maximum Gasteiger partial charge on any atom is 0.303 e. The molecule has 0 radical (unpaired) electrons. The maximum absolute atomic E-state index is 10.7. The van der Waals surface area contributed by atoms with Gasteiger partial charge >= 0.3 is 5.97 Å². The van der Waals surface area contributed by atoms with Crippen molar-refractivity contribution in [1.29, 1.82) is 0 Å². The molecular weight excluding hydrogens is 244 g/mol. The zero-order chi connectivity index (χ0) is 13.8. The minimum atomic E-state index is -0.794. The lowest BCUT2D eigenvalue weighted by molar-refractivity contribution is -0.137. The second-order valence-corrected chi connectivity index (χ2v) is 4.80. The fraction of sp³-hybridized carbons (Fsp3) is 0.429. The third kappa shape index (κ3) is 3.12. The Morgan fingerprint density at radius 2 is 2.16 bits per heavy atom. The zero-order valence-electron chi connectivity index (χ0n) is 10.9. The van der Waals surface area contributed by atoms with E-state index in [2.05, 4.69) is 4.98 Å². The first kappa shape index (κ1) is 13.5. The number of benzene rings is 1. The Kier molecular flexibility index (Phi) is 4.16. The molecule has 0 aliphatic heterocycles. The fourth-order valence-electron chi connectivity index (χ4n) is 2.31. The van der Waals surface area contributed by atoms with Crippen molar-refractivity contribution in [2.75, 3.05) is 6.61 Å². The quantitative estimate of drug-likeness (QED) is 0.830. The molecular formula is C14H18N2O3. The van der Waals surface area contributed by atoms with E-state index in [4.69, 9.17) is 10.2 Å². The predicted octanol–water partition coefficient (Wildman–Crippen LogP) is 1.68. The molecule has 19 heavy (non-hydrogen) atoms. The van der Waals surface area contributed by atoms with Crippen molar-refractivity contribution >= 4 is 17.0 Å². The Morgan fingerprint density at radius 1 is 1.42 bits per heavy atom. The Hall–Kier alpha value is -1.88. The Balaban J connectivity index is 2.30. The molecule has 0 saturated heterocycles. The van der Waals surface area contributed by atoms with Crippen molar-refractivity contribution in [1.82, 2.24) is 9.55 Å². The van der Waals surface area contributed by atoms with Gasteiger partial charge in [0.05, 0.1) is 17.6 Å². The van der Waals surface area contributed by atoms with Gasteiger partial charge in [0, 0.05) is 19.4 Å². The van der Waals surface area contributed by atoms with Crippen LogP contribution in [-0.4, -0.2) is 32.3 Å². The maximum atomic E-state index is 10.7. The van der Waals surface area contributed by atoms with E-state index in [9.17, 15) is 4.79 Å². The third-order valence-electron chi connectivity index (χ3n) is 3.11. The van der Waals surface area contributed by atoms with Crippen LogP contribution in [0.1, 0.15) is 19.2 Å². The summed E-state index contributed by atoms with van der Waals surface area (Å²) in [4.78, 5) is 15.3. The van der Waals surface area contributed by atoms with Gasteiger partial charge in [-0.2, -0.15) is 0 Å². The number of aliphatic carboxylic acids is 1. The number of rotatable bonds is 6. The molecule has 0 aliphatic rings. The first-order chi connectivity index (χ1) is 9.11. The van der Waals surface area contributed by atoms with Gasteiger partial charge in [-0.15, -0.1) is 0 Å². The van der Waals surface area contributed by atoms with Gasteiger partial charge in [0.2, 0.25) is 0 Å². The first-order valence-electron chi connectivity index (χ1n) is 6.38. The number of aliphatic hydroxyl groups is 1. The molecule has 102 valence electrons. The molecule has 0 bridgehead atoms. The van der Waals surface area contributed by atoms with Crippen molar-refractivity contribution in [3.63, 3.8) is 0 Å². The van der Waals surface area contributed by atoms with Crippen LogP contribution < -0.4 is 0 Å². The monoisotopic (exact) mass is 262 g/mol. The number of nitrogens with zero attached hydrogens (tertiary/aromatic N) is 2. The normalized spacial score (nSPS) is 12.7. The summed E-state index contributed by atoms with van der Waals surface area (Å²) in [7, 11) is 0. The molecule has 0 fully saturated rings. The number of carboxylic acids is 1. The number of hydrogen-bond acceptors (Lipinski definition) is 3. The molecule has 0 spiro atoms. The Morgan fingerprint density at radius 3 is 2.84 bits per heavy atom. The van der Waals surface area contributed by atoms with E-state index in [0.29, 0.717) is 13.0 Å². The van der Waals surface area contributed by atoms with Gasteiger partial charge in [0.15, 0.2) is 0 Å². The van der Waals surface area contributed by atoms with Gasteiger partial charge in [-0.05, 0) is 18.1 Å². The van der Waals surface area contributed by atoms with Crippen LogP contribution in [0.25, 0.3) is 11.0 Å². The lowest BCUT2D eigenvalue weighted by Gasteiger charge is -2.11. The number of carbonyl (C=O) groups is 1. The van der Waals surface area contributed by atoms with Crippen LogP contribution in [0.3, 0.4) is 0 Å². The van der Waals surface area contributed by atoms with Gasteiger partial charge < -0.3 is 14.8 Å². The van der Waals surface area contributed by atoms with E-state index < -0.39 is 5.97 Å². The SMILES string of the molecule is CC(CC(=O)O)Cc1nc2ccccc2n1CCO. The van der Waals surface area contributed by atoms with Gasteiger partial charge in [-0.3, -0.25) is 4.79 Å². The summed E-state index contributed by atoms with van der Waals surface area (Å²) in [6, 6.07) is 7.74. The lowest BCUT2D eigenvalue weighted by atomic mass is 10.0. The van der Waals surface area contributed by atoms with Crippen LogP contribution in [0.4, 0.5) is 0 Å². The number of aromatic nitrogens is 2. The van der Waals surface area contributed by atoms with Crippen LogP contribution in [-0.2, 0) is 17.8 Å². The van der Waals surface area contributed by atoms with E-state index in [1.807, 2.05) is 35.8 Å². The van der Waals surface area contributed by atoms with Gasteiger partial charge in [-0.1, -0.05) is 19.1 Å². The Labute approximate surface area is 111 Å². The molecule has 5 nitrogen and oxygen atoms in total. The number of carboxylic acid groups (broad SMARTS) is 1. The highest BCUT2D eigenvalue weighted by Gasteiger charge is 2.15. The molecule has 0 aliphatic carbocycles. The highest BCUT2D eigenvalue weighted by atomic mass is 16.4. The van der Waals surface area contributed by atoms with Gasteiger partial charge in [0.1, 0.15) is 5.82 Å². The second kappa shape index (κ2) is 5.84. The molecule has 1 aromatic heterocycles. The van der Waals surface area contributed by atoms with Crippen molar-refractivity contribution in [2.45, 2.75) is 26.3 Å². The summed E-state index contributed by atoms with van der Waals surface area (Å²) in [6.45, 7) is 2.42. The molecule has 1 aromatic carbocycles. The van der Waals surface area contributed by atoms with Crippen LogP contribution in [0.5, 0.6) is 0 Å². The van der Waals surface area contributed by atoms with Crippen LogP contribution in [0.2, 0.25) is 0 Å². The summed E-state index contributed by atoms with van der Waals surface area (Å²) in [5.74, 6) is 0.0630. The predicted molar refractivity (Wildman–Crippen MR) is 71.9 cm³/mol. The molecule has 2 rings (SSSR count). The number of fused-ring (bicyclic) bond motifs is 1. The van der Waals surface area contributed by atoms with Crippen molar-refractivity contribution in [2.24, 2.45) is 5.92 Å². The zero-order valence-corrected chi connectivity index (χ0v) is 10.9. The van der Waals surface area contributed by atoms with Gasteiger partial charge in [-0.25, -0.2) is 4.98 Å². The second-order valence-electron chi connectivity index (χ2n) is 4.80. The number of hydrogen-bond donors (Lipinski definition) is 2. The van der Waals surface area contributed by atoms with E-state index in [1.54, 1.807) is 0 Å². The fourth-order valence-corrected chi connectivity index (χ4v) is 2.31. The molecule has 0 amide bonds. The average Bonchev–Trinajstić information content (AvgIpc) is 2.67.